The Morgan fingerprint density at radius 2 is 2.17 bits per heavy atom. The summed E-state index contributed by atoms with van der Waals surface area (Å²) in [4.78, 5) is 14.4. The van der Waals surface area contributed by atoms with Crippen LogP contribution in [0.25, 0.3) is 0 Å². The number of nitrogens with one attached hydrogen (secondary N) is 1. The molecule has 0 fully saturated rings. The molecule has 102 valence electrons. The third-order valence-corrected chi connectivity index (χ3v) is 5.75. The van der Waals surface area contributed by atoms with Crippen molar-refractivity contribution in [2.75, 3.05) is 0 Å². The summed E-state index contributed by atoms with van der Waals surface area (Å²) in [5, 5.41) is 8.86. The fourth-order valence-electron chi connectivity index (χ4n) is 1.34. The van der Waals surface area contributed by atoms with E-state index in [0.29, 0.717) is 0 Å². The second-order valence-electron chi connectivity index (χ2n) is 4.09. The zero-order valence-corrected chi connectivity index (χ0v) is 12.0. The van der Waals surface area contributed by atoms with E-state index < -0.39 is 21.7 Å². The van der Waals surface area contributed by atoms with Crippen molar-refractivity contribution in [2.24, 2.45) is 5.92 Å². The van der Waals surface area contributed by atoms with Gasteiger partial charge in [-0.3, -0.25) is 0 Å². The van der Waals surface area contributed by atoms with Crippen molar-refractivity contribution in [3.05, 3.63) is 11.2 Å². The topological polar surface area (TPSA) is 96.4 Å². The number of carboxylic acid groups (broad SMARTS) is 1. The number of rotatable bonds is 6. The summed E-state index contributed by atoms with van der Waals surface area (Å²) >= 11 is 0.804. The van der Waals surface area contributed by atoms with Gasteiger partial charge in [0, 0.05) is 6.04 Å². The highest BCUT2D eigenvalue weighted by Gasteiger charge is 2.28. The van der Waals surface area contributed by atoms with Crippen molar-refractivity contribution in [1.82, 2.24) is 9.71 Å². The maximum absolute atomic E-state index is 12.0. The molecule has 1 aromatic rings. The molecule has 18 heavy (non-hydrogen) atoms. The van der Waals surface area contributed by atoms with Crippen LogP contribution in [0.15, 0.2) is 9.72 Å². The van der Waals surface area contributed by atoms with Gasteiger partial charge in [0.25, 0.3) is 10.0 Å². The SMILES string of the molecule is CCC(C)C(C)NS(=O)(=O)c1scnc1C(=O)O. The first-order chi connectivity index (χ1) is 8.29. The highest BCUT2D eigenvalue weighted by atomic mass is 32.2. The number of carboxylic acids is 1. The number of aromatic carboxylic acids is 1. The van der Waals surface area contributed by atoms with Crippen LogP contribution in [-0.4, -0.2) is 30.5 Å². The summed E-state index contributed by atoms with van der Waals surface area (Å²) in [5.41, 5.74) is 0.787. The van der Waals surface area contributed by atoms with E-state index in [1.807, 2.05) is 13.8 Å². The number of aromatic nitrogens is 1. The van der Waals surface area contributed by atoms with Crippen LogP contribution in [0, 0.1) is 5.92 Å². The van der Waals surface area contributed by atoms with Crippen molar-refractivity contribution in [1.29, 1.82) is 0 Å². The first-order valence-corrected chi connectivity index (χ1v) is 7.85. The smallest absolute Gasteiger partial charge is 0.356 e. The van der Waals surface area contributed by atoms with Crippen molar-refractivity contribution in [3.8, 4) is 0 Å². The molecule has 0 aliphatic rings. The molecule has 1 aromatic heterocycles. The summed E-state index contributed by atoms with van der Waals surface area (Å²) in [6, 6.07) is -0.260. The lowest BCUT2D eigenvalue weighted by atomic mass is 10.0. The van der Waals surface area contributed by atoms with Gasteiger partial charge in [-0.05, 0) is 12.8 Å². The second-order valence-corrected chi connectivity index (χ2v) is 6.85. The molecule has 0 saturated heterocycles. The van der Waals surface area contributed by atoms with Gasteiger partial charge in [-0.15, -0.1) is 11.3 Å². The maximum atomic E-state index is 12.0. The van der Waals surface area contributed by atoms with Gasteiger partial charge in [0.05, 0.1) is 5.51 Å². The monoisotopic (exact) mass is 292 g/mol. The van der Waals surface area contributed by atoms with E-state index >= 15 is 0 Å². The number of nitrogens with zero attached hydrogens (tertiary/aromatic N) is 1. The quantitative estimate of drug-likeness (QED) is 0.829. The van der Waals surface area contributed by atoms with Gasteiger partial charge in [0.1, 0.15) is 0 Å². The minimum Gasteiger partial charge on any atom is -0.476 e. The largest absolute Gasteiger partial charge is 0.476 e. The minimum atomic E-state index is -3.82. The third-order valence-electron chi connectivity index (χ3n) is 2.82. The number of sulfonamides is 1. The highest BCUT2D eigenvalue weighted by Crippen LogP contribution is 2.21. The second kappa shape index (κ2) is 5.77. The Hall–Kier alpha value is -0.990. The van der Waals surface area contributed by atoms with Gasteiger partial charge >= 0.3 is 5.97 Å². The maximum Gasteiger partial charge on any atom is 0.356 e. The predicted octanol–water partition coefficient (Wildman–Crippen LogP) is 1.55. The van der Waals surface area contributed by atoms with E-state index in [2.05, 4.69) is 9.71 Å². The summed E-state index contributed by atoms with van der Waals surface area (Å²) in [5.74, 6) is -1.17. The Kier molecular flexibility index (Phi) is 4.83. The van der Waals surface area contributed by atoms with Gasteiger partial charge in [0.2, 0.25) is 0 Å². The zero-order valence-electron chi connectivity index (χ0n) is 10.4. The highest BCUT2D eigenvalue weighted by molar-refractivity contribution is 7.91. The standard InChI is InChI=1S/C10H16N2O4S2/c1-4-6(2)7(3)12-18(15,16)10-8(9(13)14)11-5-17-10/h5-7,12H,4H2,1-3H3,(H,13,14). The molecule has 0 bridgehead atoms. The molecule has 6 nitrogen and oxygen atoms in total. The third kappa shape index (κ3) is 3.27. The molecule has 0 aliphatic heterocycles. The van der Waals surface area contributed by atoms with E-state index in [1.165, 1.54) is 5.51 Å². The first kappa shape index (κ1) is 15.1. The lowest BCUT2D eigenvalue weighted by molar-refractivity contribution is 0.0687. The molecule has 2 N–H and O–H groups in total. The summed E-state index contributed by atoms with van der Waals surface area (Å²) in [6.07, 6.45) is 0.832. The van der Waals surface area contributed by atoms with Crippen molar-refractivity contribution >= 4 is 27.3 Å². The van der Waals surface area contributed by atoms with E-state index in [1.54, 1.807) is 6.92 Å². The van der Waals surface area contributed by atoms with Gasteiger partial charge in [-0.1, -0.05) is 20.3 Å². The number of carbonyl (C=O) groups is 1. The Morgan fingerprint density at radius 3 is 2.67 bits per heavy atom. The van der Waals surface area contributed by atoms with Crippen molar-refractivity contribution < 1.29 is 18.3 Å². The molecule has 0 aliphatic carbocycles. The number of hydrogen-bond acceptors (Lipinski definition) is 5. The van der Waals surface area contributed by atoms with Crippen molar-refractivity contribution in [3.63, 3.8) is 0 Å². The van der Waals surface area contributed by atoms with Gasteiger partial charge in [-0.2, -0.15) is 0 Å². The molecule has 8 heteroatoms. The molecule has 0 saturated carbocycles. The molecule has 0 spiro atoms. The van der Waals surface area contributed by atoms with Crippen LogP contribution < -0.4 is 4.72 Å². The average molecular weight is 292 g/mol. The number of thiazole rings is 1. The molecule has 2 atom stereocenters. The summed E-state index contributed by atoms with van der Waals surface area (Å²) in [6.45, 7) is 5.65. The predicted molar refractivity (Wildman–Crippen MR) is 68.3 cm³/mol. The normalized spacial score (nSPS) is 15.3. The molecular weight excluding hydrogens is 276 g/mol. The van der Waals surface area contributed by atoms with Crippen LogP contribution in [0.2, 0.25) is 0 Å². The lowest BCUT2D eigenvalue weighted by Gasteiger charge is -2.19. The van der Waals surface area contributed by atoms with Gasteiger partial charge in [-0.25, -0.2) is 22.9 Å². The Morgan fingerprint density at radius 1 is 1.56 bits per heavy atom. The van der Waals surface area contributed by atoms with E-state index in [9.17, 15) is 13.2 Å². The van der Waals surface area contributed by atoms with Crippen LogP contribution in [0.1, 0.15) is 37.7 Å². The van der Waals surface area contributed by atoms with E-state index in [0.717, 1.165) is 17.8 Å². The Bertz CT molecular complexity index is 524. The molecule has 2 unspecified atom stereocenters. The average Bonchev–Trinajstić information content (AvgIpc) is 2.76. The zero-order chi connectivity index (χ0) is 13.9. The lowest BCUT2D eigenvalue weighted by Crippen LogP contribution is -2.37. The fraction of sp³-hybridized carbons (Fsp3) is 0.600. The molecular formula is C10H16N2O4S2. The minimum absolute atomic E-state index is 0.168. The fourth-order valence-corrected chi connectivity index (χ4v) is 3.85. The van der Waals surface area contributed by atoms with Gasteiger partial charge < -0.3 is 5.11 Å². The van der Waals surface area contributed by atoms with E-state index in [-0.39, 0.29) is 16.2 Å². The summed E-state index contributed by atoms with van der Waals surface area (Å²) < 4.78 is 26.3. The van der Waals surface area contributed by atoms with Crippen LogP contribution in [0.3, 0.4) is 0 Å². The van der Waals surface area contributed by atoms with Crippen LogP contribution in [0.5, 0.6) is 0 Å². The molecule has 0 aromatic carbocycles. The van der Waals surface area contributed by atoms with Crippen LogP contribution >= 0.6 is 11.3 Å². The Labute approximate surface area is 110 Å². The first-order valence-electron chi connectivity index (χ1n) is 5.48. The summed E-state index contributed by atoms with van der Waals surface area (Å²) in [7, 11) is -3.82. The van der Waals surface area contributed by atoms with Crippen LogP contribution in [-0.2, 0) is 10.0 Å². The Balaban J connectivity index is 3.00. The van der Waals surface area contributed by atoms with Crippen molar-refractivity contribution in [2.45, 2.75) is 37.4 Å². The molecule has 1 heterocycles. The molecule has 0 amide bonds. The molecule has 1 rings (SSSR count). The van der Waals surface area contributed by atoms with E-state index in [4.69, 9.17) is 5.11 Å². The van der Waals surface area contributed by atoms with Gasteiger partial charge in [0.15, 0.2) is 9.90 Å². The number of hydrogen-bond donors (Lipinski definition) is 2. The van der Waals surface area contributed by atoms with Crippen LogP contribution in [0.4, 0.5) is 0 Å². The molecule has 0 radical (unpaired) electrons.